The monoisotopic (exact) mass is 422 g/mol. The number of aromatic amines is 1. The highest BCUT2D eigenvalue weighted by Gasteiger charge is 2.28. The van der Waals surface area contributed by atoms with Crippen LogP contribution in [0.3, 0.4) is 0 Å². The van der Waals surface area contributed by atoms with Gasteiger partial charge in [-0.15, -0.1) is 0 Å². The molecule has 3 aromatic rings. The van der Waals surface area contributed by atoms with Crippen LogP contribution in [-0.4, -0.2) is 25.5 Å². The number of phenolic OH excluding ortho intramolecular Hbond substituents is 1. The van der Waals surface area contributed by atoms with Gasteiger partial charge in [-0.25, -0.2) is 9.78 Å². The molecule has 1 unspecified atom stereocenters. The minimum absolute atomic E-state index is 0.00423. The summed E-state index contributed by atoms with van der Waals surface area (Å²) in [6.45, 7) is 6.20. The van der Waals surface area contributed by atoms with E-state index in [0.717, 1.165) is 11.1 Å². The maximum Gasteiger partial charge on any atom is 0.329 e. The lowest BCUT2D eigenvalue weighted by atomic mass is 10.0. The van der Waals surface area contributed by atoms with E-state index in [2.05, 4.69) is 15.3 Å². The molecule has 3 N–H and O–H groups in total. The number of rotatable bonds is 5. The van der Waals surface area contributed by atoms with E-state index in [-0.39, 0.29) is 34.3 Å². The first-order valence-electron chi connectivity index (χ1n) is 10.6. The van der Waals surface area contributed by atoms with Gasteiger partial charge < -0.3 is 10.4 Å². The van der Waals surface area contributed by atoms with Crippen LogP contribution in [0.4, 0.5) is 0 Å². The predicted molar refractivity (Wildman–Crippen MR) is 118 cm³/mol. The zero-order valence-electron chi connectivity index (χ0n) is 17.9. The van der Waals surface area contributed by atoms with Crippen molar-refractivity contribution in [3.63, 3.8) is 0 Å². The van der Waals surface area contributed by atoms with Crippen molar-refractivity contribution < 1.29 is 9.90 Å². The number of aromatic hydroxyl groups is 1. The third kappa shape index (κ3) is 3.62. The topological polar surface area (TPSA) is 117 Å². The molecule has 2 aromatic heterocycles. The minimum Gasteiger partial charge on any atom is -0.508 e. The molecule has 0 saturated carbocycles. The molecule has 1 aromatic carbocycles. The second kappa shape index (κ2) is 8.02. The molecule has 1 aliphatic carbocycles. The normalized spacial score (nSPS) is 15.4. The van der Waals surface area contributed by atoms with Gasteiger partial charge in [-0.3, -0.25) is 19.1 Å². The first-order chi connectivity index (χ1) is 14.8. The molecular formula is C23H26N4O4. The summed E-state index contributed by atoms with van der Waals surface area (Å²) >= 11 is 0. The van der Waals surface area contributed by atoms with Crippen molar-refractivity contribution in [2.24, 2.45) is 0 Å². The number of benzene rings is 1. The van der Waals surface area contributed by atoms with Crippen LogP contribution in [0.2, 0.25) is 0 Å². The van der Waals surface area contributed by atoms with Crippen molar-refractivity contribution in [3.05, 3.63) is 67.5 Å². The maximum absolute atomic E-state index is 13.3. The summed E-state index contributed by atoms with van der Waals surface area (Å²) in [5.74, 6) is -0.169. The minimum atomic E-state index is -0.621. The summed E-state index contributed by atoms with van der Waals surface area (Å²) in [5.41, 5.74) is 1.64. The molecule has 0 fully saturated rings. The summed E-state index contributed by atoms with van der Waals surface area (Å²) in [5, 5.41) is 13.2. The third-order valence-corrected chi connectivity index (χ3v) is 5.80. The van der Waals surface area contributed by atoms with Crippen molar-refractivity contribution in [2.45, 2.75) is 58.5 Å². The van der Waals surface area contributed by atoms with Crippen molar-refractivity contribution in [1.29, 1.82) is 0 Å². The Kier molecular flexibility index (Phi) is 5.39. The fourth-order valence-electron chi connectivity index (χ4n) is 4.22. The van der Waals surface area contributed by atoms with Gasteiger partial charge in [-0.05, 0) is 48.4 Å². The van der Waals surface area contributed by atoms with Crippen LogP contribution in [0.5, 0.6) is 5.75 Å². The van der Waals surface area contributed by atoms with E-state index >= 15 is 0 Å². The zero-order chi connectivity index (χ0) is 22.3. The quantitative estimate of drug-likeness (QED) is 0.584. The van der Waals surface area contributed by atoms with E-state index in [1.165, 1.54) is 4.57 Å². The van der Waals surface area contributed by atoms with E-state index in [1.54, 1.807) is 18.2 Å². The van der Waals surface area contributed by atoms with E-state index in [1.807, 2.05) is 26.8 Å². The molecule has 0 saturated heterocycles. The molecule has 4 rings (SSSR count). The van der Waals surface area contributed by atoms with Gasteiger partial charge in [-0.1, -0.05) is 32.9 Å². The molecule has 2 heterocycles. The molecule has 8 heteroatoms. The Hall–Kier alpha value is -3.42. The van der Waals surface area contributed by atoms with Crippen LogP contribution < -0.4 is 16.6 Å². The fraction of sp³-hybridized carbons (Fsp3) is 0.391. The van der Waals surface area contributed by atoms with E-state index in [0.29, 0.717) is 31.5 Å². The van der Waals surface area contributed by atoms with Gasteiger partial charge >= 0.3 is 5.69 Å². The fourth-order valence-corrected chi connectivity index (χ4v) is 4.22. The van der Waals surface area contributed by atoms with E-state index < -0.39 is 17.2 Å². The lowest BCUT2D eigenvalue weighted by Crippen LogP contribution is -2.34. The number of carbonyl (C=O) groups is 1. The van der Waals surface area contributed by atoms with E-state index in [9.17, 15) is 19.5 Å². The molecule has 31 heavy (non-hydrogen) atoms. The van der Waals surface area contributed by atoms with Crippen molar-refractivity contribution in [3.8, 4) is 5.75 Å². The number of nitrogens with one attached hydrogen (secondary N) is 2. The SMILES string of the molecule is CCCn1c(=O)[nH]c(=O)c2c(C(=O)NC3CCc4c(O)cccc43)cc(C(C)C)nc21. The second-order valence-electron chi connectivity index (χ2n) is 8.27. The van der Waals surface area contributed by atoms with Gasteiger partial charge in [0.1, 0.15) is 5.75 Å². The highest BCUT2D eigenvalue weighted by molar-refractivity contribution is 6.05. The summed E-state index contributed by atoms with van der Waals surface area (Å²) in [6, 6.07) is 6.66. The number of phenols is 1. The number of pyridine rings is 1. The Balaban J connectivity index is 1.85. The van der Waals surface area contributed by atoms with Gasteiger partial charge in [0.2, 0.25) is 0 Å². The summed E-state index contributed by atoms with van der Waals surface area (Å²) in [7, 11) is 0. The lowest BCUT2D eigenvalue weighted by Gasteiger charge is -2.17. The molecule has 0 bridgehead atoms. The maximum atomic E-state index is 13.3. The number of H-pyrrole nitrogens is 1. The summed E-state index contributed by atoms with van der Waals surface area (Å²) in [6.07, 6.45) is 2.01. The standard InChI is InChI=1S/C23H26N4O4/c1-4-10-27-20-19(22(30)26-23(27)31)15(11-17(24-20)12(2)3)21(29)25-16-9-8-14-13(16)6-5-7-18(14)28/h5-7,11-12,16,28H,4,8-10H2,1-3H3,(H,25,29)(H,26,30,31). The average Bonchev–Trinajstić information content (AvgIpc) is 3.14. The first kappa shape index (κ1) is 20.8. The van der Waals surface area contributed by atoms with Crippen LogP contribution in [-0.2, 0) is 13.0 Å². The molecule has 162 valence electrons. The van der Waals surface area contributed by atoms with Crippen LogP contribution in [0.25, 0.3) is 11.0 Å². The first-order valence-corrected chi connectivity index (χ1v) is 10.6. The molecule has 1 aliphatic rings. The van der Waals surface area contributed by atoms with E-state index in [4.69, 9.17) is 0 Å². The van der Waals surface area contributed by atoms with Gasteiger partial charge in [0.15, 0.2) is 5.65 Å². The second-order valence-corrected chi connectivity index (χ2v) is 8.27. The lowest BCUT2D eigenvalue weighted by molar-refractivity contribution is 0.0938. The number of hydrogen-bond acceptors (Lipinski definition) is 5. The zero-order valence-corrected chi connectivity index (χ0v) is 17.9. The highest BCUT2D eigenvalue weighted by Crippen LogP contribution is 2.36. The molecular weight excluding hydrogens is 396 g/mol. The molecule has 8 nitrogen and oxygen atoms in total. The predicted octanol–water partition coefficient (Wildman–Crippen LogP) is 2.74. The molecule has 1 atom stereocenters. The van der Waals surface area contributed by atoms with Crippen molar-refractivity contribution in [1.82, 2.24) is 19.9 Å². The van der Waals surface area contributed by atoms with Crippen LogP contribution >= 0.6 is 0 Å². The van der Waals surface area contributed by atoms with Gasteiger partial charge in [-0.2, -0.15) is 0 Å². The number of aromatic nitrogens is 3. The average molecular weight is 422 g/mol. The number of carbonyl (C=O) groups excluding carboxylic acids is 1. The highest BCUT2D eigenvalue weighted by atomic mass is 16.3. The Morgan fingerprint density at radius 1 is 1.35 bits per heavy atom. The van der Waals surface area contributed by atoms with Crippen molar-refractivity contribution in [2.75, 3.05) is 0 Å². The summed E-state index contributed by atoms with van der Waals surface area (Å²) in [4.78, 5) is 45.4. The number of hydrogen-bond donors (Lipinski definition) is 3. The Morgan fingerprint density at radius 2 is 2.13 bits per heavy atom. The molecule has 1 amide bonds. The van der Waals surface area contributed by atoms with Crippen LogP contribution in [0, 0.1) is 0 Å². The Bertz CT molecular complexity index is 1290. The van der Waals surface area contributed by atoms with Gasteiger partial charge in [0, 0.05) is 12.2 Å². The number of aryl methyl sites for hydroxylation is 1. The molecule has 0 spiro atoms. The molecule has 0 aliphatic heterocycles. The number of fused-ring (bicyclic) bond motifs is 2. The number of amides is 1. The Labute approximate surface area is 179 Å². The Morgan fingerprint density at radius 3 is 2.84 bits per heavy atom. The smallest absolute Gasteiger partial charge is 0.329 e. The molecule has 0 radical (unpaired) electrons. The van der Waals surface area contributed by atoms with Gasteiger partial charge in [0.25, 0.3) is 11.5 Å². The van der Waals surface area contributed by atoms with Gasteiger partial charge in [0.05, 0.1) is 17.0 Å². The number of nitrogens with zero attached hydrogens (tertiary/aromatic N) is 2. The van der Waals surface area contributed by atoms with Crippen LogP contribution in [0.1, 0.15) is 72.8 Å². The van der Waals surface area contributed by atoms with Crippen LogP contribution in [0.15, 0.2) is 33.9 Å². The summed E-state index contributed by atoms with van der Waals surface area (Å²) < 4.78 is 1.42. The third-order valence-electron chi connectivity index (χ3n) is 5.80. The van der Waals surface area contributed by atoms with Crippen molar-refractivity contribution >= 4 is 16.9 Å². The largest absolute Gasteiger partial charge is 0.508 e.